The van der Waals surface area contributed by atoms with Gasteiger partial charge in [-0.15, -0.1) is 0 Å². The van der Waals surface area contributed by atoms with Crippen molar-refractivity contribution in [2.75, 3.05) is 24.5 Å². The van der Waals surface area contributed by atoms with Crippen molar-refractivity contribution in [3.05, 3.63) is 28.2 Å². The summed E-state index contributed by atoms with van der Waals surface area (Å²) in [6, 6.07) is 6.24. The van der Waals surface area contributed by atoms with Gasteiger partial charge in [0.25, 0.3) is 0 Å². The van der Waals surface area contributed by atoms with E-state index in [1.807, 2.05) is 4.90 Å². The highest BCUT2D eigenvalue weighted by Crippen LogP contribution is 2.31. The molecule has 1 fully saturated rings. The van der Waals surface area contributed by atoms with Crippen molar-refractivity contribution in [2.24, 2.45) is 5.92 Å². The molecule has 1 unspecified atom stereocenters. The maximum Gasteiger partial charge on any atom is 0.227 e. The van der Waals surface area contributed by atoms with E-state index in [1.54, 1.807) is 0 Å². The summed E-state index contributed by atoms with van der Waals surface area (Å²) >= 11 is 3.49. The number of halogens is 1. The number of carbonyl (C=O) groups excluding carboxylic acids is 1. The highest BCUT2D eigenvalue weighted by molar-refractivity contribution is 9.10. The molecule has 3 rings (SSSR count). The van der Waals surface area contributed by atoms with E-state index in [0.717, 1.165) is 42.6 Å². The van der Waals surface area contributed by atoms with E-state index in [0.29, 0.717) is 12.3 Å². The maximum absolute atomic E-state index is 12.4. The van der Waals surface area contributed by atoms with Crippen molar-refractivity contribution in [3.8, 4) is 0 Å². The SMILES string of the molecule is O=C(CCC1CCNC1)N1CCc2ccc(Br)cc21. The molecule has 1 saturated heterocycles. The molecule has 2 heterocycles. The van der Waals surface area contributed by atoms with Crippen molar-refractivity contribution < 1.29 is 4.79 Å². The van der Waals surface area contributed by atoms with Gasteiger partial charge in [-0.3, -0.25) is 4.79 Å². The molecule has 19 heavy (non-hydrogen) atoms. The monoisotopic (exact) mass is 322 g/mol. The standard InChI is InChI=1S/C15H19BrN2O/c16-13-3-2-12-6-8-18(14(12)9-13)15(19)4-1-11-5-7-17-10-11/h2-3,9,11,17H,1,4-8,10H2. The second-order valence-electron chi connectivity index (χ2n) is 5.47. The Morgan fingerprint density at radius 2 is 2.37 bits per heavy atom. The Morgan fingerprint density at radius 1 is 1.47 bits per heavy atom. The van der Waals surface area contributed by atoms with Gasteiger partial charge in [0.1, 0.15) is 0 Å². The lowest BCUT2D eigenvalue weighted by Gasteiger charge is -2.18. The van der Waals surface area contributed by atoms with E-state index in [1.165, 1.54) is 12.0 Å². The molecule has 0 spiro atoms. The van der Waals surface area contributed by atoms with Crippen LogP contribution in [0.2, 0.25) is 0 Å². The Bertz CT molecular complexity index is 483. The topological polar surface area (TPSA) is 32.3 Å². The number of nitrogens with zero attached hydrogens (tertiary/aromatic N) is 1. The van der Waals surface area contributed by atoms with Gasteiger partial charge in [0, 0.05) is 23.1 Å². The zero-order valence-electron chi connectivity index (χ0n) is 11.0. The first kappa shape index (κ1) is 13.1. The lowest BCUT2D eigenvalue weighted by Crippen LogP contribution is -2.29. The van der Waals surface area contributed by atoms with Gasteiger partial charge in [0.05, 0.1) is 0 Å². The van der Waals surface area contributed by atoms with Crippen LogP contribution in [0.4, 0.5) is 5.69 Å². The summed E-state index contributed by atoms with van der Waals surface area (Å²) in [5, 5.41) is 3.36. The fraction of sp³-hybridized carbons (Fsp3) is 0.533. The molecule has 1 aromatic rings. The maximum atomic E-state index is 12.4. The number of amides is 1. The lowest BCUT2D eigenvalue weighted by atomic mass is 10.0. The second-order valence-corrected chi connectivity index (χ2v) is 6.38. The van der Waals surface area contributed by atoms with Gasteiger partial charge < -0.3 is 10.2 Å². The number of carbonyl (C=O) groups is 1. The van der Waals surface area contributed by atoms with Crippen LogP contribution in [0.15, 0.2) is 22.7 Å². The van der Waals surface area contributed by atoms with Crippen molar-refractivity contribution in [3.63, 3.8) is 0 Å². The number of hydrogen-bond donors (Lipinski definition) is 1. The molecule has 0 aromatic heterocycles. The fourth-order valence-electron chi connectivity index (χ4n) is 3.03. The molecule has 0 bridgehead atoms. The molecule has 3 nitrogen and oxygen atoms in total. The molecule has 0 saturated carbocycles. The summed E-state index contributed by atoms with van der Waals surface area (Å²) in [5.74, 6) is 0.970. The van der Waals surface area contributed by atoms with Crippen LogP contribution in [0.5, 0.6) is 0 Å². The van der Waals surface area contributed by atoms with Crippen LogP contribution < -0.4 is 10.2 Å². The van der Waals surface area contributed by atoms with E-state index >= 15 is 0 Å². The quantitative estimate of drug-likeness (QED) is 0.928. The molecule has 0 aliphatic carbocycles. The number of rotatable bonds is 3. The molecular formula is C15H19BrN2O. The van der Waals surface area contributed by atoms with Gasteiger partial charge in [-0.1, -0.05) is 22.0 Å². The summed E-state index contributed by atoms with van der Waals surface area (Å²) in [6.07, 6.45) is 3.90. The normalized spacial score (nSPS) is 21.7. The second kappa shape index (κ2) is 5.63. The Hall–Kier alpha value is -0.870. The molecule has 1 N–H and O–H groups in total. The number of benzene rings is 1. The molecule has 102 valence electrons. The van der Waals surface area contributed by atoms with Gasteiger partial charge in [0.15, 0.2) is 0 Å². The van der Waals surface area contributed by atoms with Crippen LogP contribution in [-0.2, 0) is 11.2 Å². The molecular weight excluding hydrogens is 304 g/mol. The summed E-state index contributed by atoms with van der Waals surface area (Å²) in [4.78, 5) is 14.3. The summed E-state index contributed by atoms with van der Waals surface area (Å²) < 4.78 is 1.05. The molecule has 2 aliphatic heterocycles. The van der Waals surface area contributed by atoms with Gasteiger partial charge in [-0.2, -0.15) is 0 Å². The average Bonchev–Trinajstić information content (AvgIpc) is 3.04. The first-order chi connectivity index (χ1) is 9.24. The van der Waals surface area contributed by atoms with Crippen molar-refractivity contribution in [1.29, 1.82) is 0 Å². The van der Waals surface area contributed by atoms with Crippen LogP contribution in [0.3, 0.4) is 0 Å². The molecule has 0 radical (unpaired) electrons. The van der Waals surface area contributed by atoms with Gasteiger partial charge in [0.2, 0.25) is 5.91 Å². The van der Waals surface area contributed by atoms with E-state index in [2.05, 4.69) is 39.4 Å². The molecule has 1 atom stereocenters. The van der Waals surface area contributed by atoms with E-state index in [-0.39, 0.29) is 5.91 Å². The van der Waals surface area contributed by atoms with E-state index in [9.17, 15) is 4.79 Å². The summed E-state index contributed by atoms with van der Waals surface area (Å²) in [5.41, 5.74) is 2.39. The smallest absolute Gasteiger partial charge is 0.227 e. The number of hydrogen-bond acceptors (Lipinski definition) is 2. The molecule has 4 heteroatoms. The average molecular weight is 323 g/mol. The van der Waals surface area contributed by atoms with E-state index in [4.69, 9.17) is 0 Å². The van der Waals surface area contributed by atoms with Gasteiger partial charge >= 0.3 is 0 Å². The zero-order valence-corrected chi connectivity index (χ0v) is 12.6. The highest BCUT2D eigenvalue weighted by Gasteiger charge is 2.25. The molecule has 2 aliphatic rings. The molecule has 1 amide bonds. The minimum absolute atomic E-state index is 0.281. The van der Waals surface area contributed by atoms with Crippen molar-refractivity contribution in [1.82, 2.24) is 5.32 Å². The highest BCUT2D eigenvalue weighted by atomic mass is 79.9. The number of anilines is 1. The minimum atomic E-state index is 0.281. The van der Waals surface area contributed by atoms with Crippen LogP contribution in [0.25, 0.3) is 0 Å². The van der Waals surface area contributed by atoms with Crippen LogP contribution in [0, 0.1) is 5.92 Å². The summed E-state index contributed by atoms with van der Waals surface area (Å²) in [7, 11) is 0. The predicted octanol–water partition coefficient (Wildman–Crippen LogP) is 2.73. The summed E-state index contributed by atoms with van der Waals surface area (Å²) in [6.45, 7) is 3.03. The number of fused-ring (bicyclic) bond motifs is 1. The number of nitrogens with one attached hydrogen (secondary N) is 1. The molecule has 1 aromatic carbocycles. The zero-order chi connectivity index (χ0) is 13.2. The van der Waals surface area contributed by atoms with E-state index < -0.39 is 0 Å². The third-order valence-corrected chi connectivity index (χ3v) is 4.67. The fourth-order valence-corrected chi connectivity index (χ4v) is 3.38. The Kier molecular flexibility index (Phi) is 3.89. The first-order valence-electron chi connectivity index (χ1n) is 7.03. The van der Waals surface area contributed by atoms with Crippen molar-refractivity contribution in [2.45, 2.75) is 25.7 Å². The Labute approximate surface area is 122 Å². The third kappa shape index (κ3) is 2.84. The van der Waals surface area contributed by atoms with Crippen LogP contribution in [0.1, 0.15) is 24.8 Å². The van der Waals surface area contributed by atoms with Crippen molar-refractivity contribution >= 4 is 27.5 Å². The Balaban J connectivity index is 1.64. The van der Waals surface area contributed by atoms with Gasteiger partial charge in [-0.05, 0) is 56.0 Å². The predicted molar refractivity (Wildman–Crippen MR) is 80.4 cm³/mol. The van der Waals surface area contributed by atoms with Crippen LogP contribution in [-0.4, -0.2) is 25.5 Å². The van der Waals surface area contributed by atoms with Crippen LogP contribution >= 0.6 is 15.9 Å². The lowest BCUT2D eigenvalue weighted by molar-refractivity contribution is -0.118. The minimum Gasteiger partial charge on any atom is -0.316 e. The largest absolute Gasteiger partial charge is 0.316 e. The Morgan fingerprint density at radius 3 is 3.16 bits per heavy atom. The van der Waals surface area contributed by atoms with Gasteiger partial charge in [-0.25, -0.2) is 0 Å². The third-order valence-electron chi connectivity index (χ3n) is 4.17. The first-order valence-corrected chi connectivity index (χ1v) is 7.83.